The summed E-state index contributed by atoms with van der Waals surface area (Å²) in [6.45, 7) is 12.3. The van der Waals surface area contributed by atoms with Crippen molar-refractivity contribution in [3.8, 4) is 0 Å². The van der Waals surface area contributed by atoms with Gasteiger partial charge in [0.1, 0.15) is 6.10 Å². The summed E-state index contributed by atoms with van der Waals surface area (Å²) in [7, 11) is 0. The standard InChI is InChI=1S/C29H44O4/c1-17-8-13-29(31-16-17)18(2)26-25(33-29)15-24-22-7-6-20-14-21(32-19(3)30)9-11-27(20,4)23(22)10-12-28(24,26)5/h6,17-18,21-26H,7-16H2,1-5H3/t17-,18+,21+,22-,23+,24+,25-,26+,27-,28-,29+/m0/s1. The fourth-order valence-corrected chi connectivity index (χ4v) is 9.98. The molecule has 33 heavy (non-hydrogen) atoms. The number of carbonyl (C=O) groups is 1. The molecule has 0 aromatic carbocycles. The quantitative estimate of drug-likeness (QED) is 0.344. The number of hydrogen-bond acceptors (Lipinski definition) is 4. The SMILES string of the molecule is CC(=O)O[C@@H]1CC[C@@]2(C)C(=CC[C@@H]3[C@H]4C[C@@H]5O[C@]6(CC[C@H](C)CO6)[C@H](C)[C@H]5[C@@]4(C)CC[C@H]32)C1. The zero-order valence-electron chi connectivity index (χ0n) is 21.4. The average Bonchev–Trinajstić information content (AvgIpc) is 3.21. The van der Waals surface area contributed by atoms with E-state index in [4.69, 9.17) is 14.2 Å². The first-order valence-corrected chi connectivity index (χ1v) is 13.8. The highest BCUT2D eigenvalue weighted by atomic mass is 16.7. The normalized spacial score (nSPS) is 55.2. The van der Waals surface area contributed by atoms with Crippen molar-refractivity contribution in [1.29, 1.82) is 0 Å². The summed E-state index contributed by atoms with van der Waals surface area (Å²) in [5.41, 5.74) is 2.24. The Balaban J connectivity index is 1.24. The third-order valence-corrected chi connectivity index (χ3v) is 11.7. The highest BCUT2D eigenvalue weighted by molar-refractivity contribution is 5.66. The first kappa shape index (κ1) is 22.6. The van der Waals surface area contributed by atoms with Gasteiger partial charge in [-0.2, -0.15) is 0 Å². The Kier molecular flexibility index (Phi) is 5.18. The molecular formula is C29H44O4. The molecule has 2 aliphatic heterocycles. The molecule has 0 aromatic heterocycles. The molecule has 4 heteroatoms. The maximum Gasteiger partial charge on any atom is 0.302 e. The molecule has 0 radical (unpaired) electrons. The van der Waals surface area contributed by atoms with Gasteiger partial charge in [-0.25, -0.2) is 0 Å². The van der Waals surface area contributed by atoms with Crippen molar-refractivity contribution in [3.05, 3.63) is 11.6 Å². The summed E-state index contributed by atoms with van der Waals surface area (Å²) < 4.78 is 19.0. The van der Waals surface area contributed by atoms with Crippen LogP contribution in [0.5, 0.6) is 0 Å². The van der Waals surface area contributed by atoms with Crippen LogP contribution in [-0.4, -0.2) is 30.6 Å². The second-order valence-corrected chi connectivity index (χ2v) is 13.3. The van der Waals surface area contributed by atoms with Crippen molar-refractivity contribution in [2.45, 2.75) is 110 Å². The van der Waals surface area contributed by atoms with E-state index in [1.165, 1.54) is 32.1 Å². The molecular weight excluding hydrogens is 412 g/mol. The first-order chi connectivity index (χ1) is 15.7. The number of fused-ring (bicyclic) bond motifs is 7. The number of esters is 1. The smallest absolute Gasteiger partial charge is 0.302 e. The van der Waals surface area contributed by atoms with Crippen molar-refractivity contribution >= 4 is 5.97 Å². The maximum absolute atomic E-state index is 11.5. The second-order valence-electron chi connectivity index (χ2n) is 13.3. The fraction of sp³-hybridized carbons (Fsp3) is 0.897. The number of ether oxygens (including phenoxy) is 3. The van der Waals surface area contributed by atoms with Crippen molar-refractivity contribution in [2.24, 2.45) is 46.3 Å². The number of hydrogen-bond donors (Lipinski definition) is 0. The van der Waals surface area contributed by atoms with Gasteiger partial charge in [0.25, 0.3) is 0 Å². The molecule has 3 saturated carbocycles. The van der Waals surface area contributed by atoms with Crippen molar-refractivity contribution in [2.75, 3.05) is 6.61 Å². The van der Waals surface area contributed by atoms with Gasteiger partial charge in [0, 0.05) is 25.7 Å². The van der Waals surface area contributed by atoms with E-state index in [9.17, 15) is 4.79 Å². The number of carbonyl (C=O) groups excluding carboxylic acids is 1. The van der Waals surface area contributed by atoms with Crippen LogP contribution >= 0.6 is 0 Å². The van der Waals surface area contributed by atoms with Crippen LogP contribution in [0.3, 0.4) is 0 Å². The largest absolute Gasteiger partial charge is 0.462 e. The van der Waals surface area contributed by atoms with E-state index in [1.54, 1.807) is 12.5 Å². The lowest BCUT2D eigenvalue weighted by Gasteiger charge is -2.58. The summed E-state index contributed by atoms with van der Waals surface area (Å²) in [6, 6.07) is 0. The predicted octanol–water partition coefficient (Wildman–Crippen LogP) is 6.28. The van der Waals surface area contributed by atoms with Gasteiger partial charge in [-0.1, -0.05) is 39.3 Å². The van der Waals surface area contributed by atoms with Gasteiger partial charge >= 0.3 is 5.97 Å². The van der Waals surface area contributed by atoms with Crippen LogP contribution in [0, 0.1) is 46.3 Å². The monoisotopic (exact) mass is 456 g/mol. The van der Waals surface area contributed by atoms with Gasteiger partial charge in [-0.3, -0.25) is 4.79 Å². The van der Waals surface area contributed by atoms with Crippen LogP contribution in [0.15, 0.2) is 11.6 Å². The van der Waals surface area contributed by atoms with Crippen LogP contribution in [0.2, 0.25) is 0 Å². The Bertz CT molecular complexity index is 841. The molecule has 0 unspecified atom stereocenters. The summed E-state index contributed by atoms with van der Waals surface area (Å²) in [5, 5.41) is 0. The van der Waals surface area contributed by atoms with E-state index in [1.807, 2.05) is 0 Å². The van der Waals surface area contributed by atoms with E-state index in [-0.39, 0.29) is 23.3 Å². The van der Waals surface area contributed by atoms with Gasteiger partial charge in [0.2, 0.25) is 0 Å². The van der Waals surface area contributed by atoms with E-state index in [2.05, 4.69) is 33.8 Å². The minimum Gasteiger partial charge on any atom is -0.462 e. The molecule has 5 fully saturated rings. The predicted molar refractivity (Wildman–Crippen MR) is 127 cm³/mol. The Morgan fingerprint density at radius 2 is 1.91 bits per heavy atom. The molecule has 0 N–H and O–H groups in total. The van der Waals surface area contributed by atoms with Crippen LogP contribution in [0.1, 0.15) is 92.4 Å². The molecule has 0 aromatic rings. The minimum absolute atomic E-state index is 0.0849. The molecule has 184 valence electrons. The highest BCUT2D eigenvalue weighted by Gasteiger charge is 2.68. The van der Waals surface area contributed by atoms with Crippen molar-refractivity contribution < 1.29 is 19.0 Å². The molecule has 6 aliphatic rings. The third-order valence-electron chi connectivity index (χ3n) is 11.7. The molecule has 2 heterocycles. The Morgan fingerprint density at radius 3 is 2.64 bits per heavy atom. The van der Waals surface area contributed by atoms with Gasteiger partial charge in [0.15, 0.2) is 5.79 Å². The van der Waals surface area contributed by atoms with Crippen LogP contribution in [0.25, 0.3) is 0 Å². The summed E-state index contributed by atoms with van der Waals surface area (Å²) in [4.78, 5) is 11.5. The average molecular weight is 457 g/mol. The molecule has 11 atom stereocenters. The molecule has 4 nitrogen and oxygen atoms in total. The lowest BCUT2D eigenvalue weighted by molar-refractivity contribution is -0.272. The Morgan fingerprint density at radius 1 is 1.09 bits per heavy atom. The van der Waals surface area contributed by atoms with Gasteiger partial charge < -0.3 is 14.2 Å². The van der Waals surface area contributed by atoms with Gasteiger partial charge in [-0.05, 0) is 85.4 Å². The molecule has 0 bridgehead atoms. The fourth-order valence-electron chi connectivity index (χ4n) is 9.98. The minimum atomic E-state index is -0.312. The summed E-state index contributed by atoms with van der Waals surface area (Å²) >= 11 is 0. The van der Waals surface area contributed by atoms with E-state index < -0.39 is 0 Å². The van der Waals surface area contributed by atoms with Gasteiger partial charge in [-0.15, -0.1) is 0 Å². The molecule has 0 amide bonds. The zero-order valence-corrected chi connectivity index (χ0v) is 21.4. The molecule has 4 aliphatic carbocycles. The lowest BCUT2D eigenvalue weighted by atomic mass is 9.47. The summed E-state index contributed by atoms with van der Waals surface area (Å²) in [5.74, 6) is 3.64. The number of rotatable bonds is 1. The van der Waals surface area contributed by atoms with E-state index in [0.29, 0.717) is 29.3 Å². The third kappa shape index (κ3) is 3.18. The Labute approximate surface area is 200 Å². The van der Waals surface area contributed by atoms with Crippen LogP contribution in [-0.2, 0) is 19.0 Å². The molecule has 6 rings (SSSR count). The Hall–Kier alpha value is -0.870. The van der Waals surface area contributed by atoms with Crippen LogP contribution in [0.4, 0.5) is 0 Å². The van der Waals surface area contributed by atoms with Gasteiger partial charge in [0.05, 0.1) is 12.7 Å². The summed E-state index contributed by atoms with van der Waals surface area (Å²) in [6.07, 6.45) is 13.6. The zero-order chi connectivity index (χ0) is 23.2. The maximum atomic E-state index is 11.5. The van der Waals surface area contributed by atoms with Crippen molar-refractivity contribution in [1.82, 2.24) is 0 Å². The lowest BCUT2D eigenvalue weighted by Crippen LogP contribution is -2.52. The van der Waals surface area contributed by atoms with E-state index >= 15 is 0 Å². The molecule has 2 saturated heterocycles. The topological polar surface area (TPSA) is 44.8 Å². The van der Waals surface area contributed by atoms with Crippen LogP contribution < -0.4 is 0 Å². The first-order valence-electron chi connectivity index (χ1n) is 13.8. The highest BCUT2D eigenvalue weighted by Crippen LogP contribution is 2.70. The second kappa shape index (κ2) is 7.56. The van der Waals surface area contributed by atoms with E-state index in [0.717, 1.165) is 50.0 Å². The van der Waals surface area contributed by atoms with Crippen molar-refractivity contribution in [3.63, 3.8) is 0 Å². The molecule has 1 spiro atoms. The number of allylic oxidation sites excluding steroid dienone is 1.